The Bertz CT molecular complexity index is 555. The number of carbonyl (C=O) groups is 1. The van der Waals surface area contributed by atoms with Crippen molar-refractivity contribution in [2.24, 2.45) is 0 Å². The van der Waals surface area contributed by atoms with Crippen molar-refractivity contribution in [2.45, 2.75) is 26.7 Å². The average Bonchev–Trinajstić information content (AvgIpc) is 2.98. The fourth-order valence-corrected chi connectivity index (χ4v) is 1.72. The van der Waals surface area contributed by atoms with Crippen LogP contribution in [0.4, 0.5) is 0 Å². The van der Waals surface area contributed by atoms with E-state index in [0.717, 1.165) is 12.8 Å². The first-order valence-electron chi connectivity index (χ1n) is 6.65. The maximum Gasteiger partial charge on any atom is 0.316 e. The Balaban J connectivity index is 2.13. The molecule has 0 aromatic carbocycles. The van der Waals surface area contributed by atoms with Gasteiger partial charge in [-0.25, -0.2) is 4.98 Å². The van der Waals surface area contributed by atoms with Crippen LogP contribution in [0.2, 0.25) is 0 Å². The second kappa shape index (κ2) is 6.74. The summed E-state index contributed by atoms with van der Waals surface area (Å²) >= 11 is 0. The molecule has 0 radical (unpaired) electrons. The predicted octanol–water partition coefficient (Wildman–Crippen LogP) is 1.79. The first-order valence-corrected chi connectivity index (χ1v) is 6.65. The number of aromatic nitrogens is 4. The van der Waals surface area contributed by atoms with Gasteiger partial charge in [0.2, 0.25) is 5.82 Å². The molecule has 2 rings (SSSR count). The Morgan fingerprint density at radius 3 is 2.85 bits per heavy atom. The van der Waals surface area contributed by atoms with E-state index in [4.69, 9.17) is 4.52 Å². The molecule has 0 fully saturated rings. The number of unbranched alkanes of at least 4 members (excludes halogenated alkanes) is 1. The van der Waals surface area contributed by atoms with Crippen molar-refractivity contribution in [3.05, 3.63) is 24.5 Å². The molecule has 0 bridgehead atoms. The molecule has 0 aliphatic rings. The maximum atomic E-state index is 12.2. The Morgan fingerprint density at radius 1 is 1.35 bits per heavy atom. The van der Waals surface area contributed by atoms with Crippen LogP contribution < -0.4 is 0 Å². The summed E-state index contributed by atoms with van der Waals surface area (Å²) in [6.07, 6.45) is 6.59. The van der Waals surface area contributed by atoms with E-state index in [2.05, 4.69) is 27.0 Å². The van der Waals surface area contributed by atoms with Gasteiger partial charge in [-0.15, -0.1) is 0 Å². The lowest BCUT2D eigenvalue weighted by molar-refractivity contribution is 0.0712. The molecule has 0 unspecified atom stereocenters. The van der Waals surface area contributed by atoms with Gasteiger partial charge in [0.05, 0.1) is 6.20 Å². The summed E-state index contributed by atoms with van der Waals surface area (Å²) in [5, 5.41) is 3.77. The van der Waals surface area contributed by atoms with E-state index in [9.17, 15) is 4.79 Å². The lowest BCUT2D eigenvalue weighted by Gasteiger charge is -2.17. The molecule has 7 heteroatoms. The van der Waals surface area contributed by atoms with Gasteiger partial charge >= 0.3 is 11.8 Å². The summed E-state index contributed by atoms with van der Waals surface area (Å²) in [6, 6.07) is 0. The highest BCUT2D eigenvalue weighted by atomic mass is 16.5. The third-order valence-corrected chi connectivity index (χ3v) is 2.85. The van der Waals surface area contributed by atoms with Gasteiger partial charge in [-0.3, -0.25) is 9.78 Å². The number of carbonyl (C=O) groups excluding carboxylic acids is 1. The molecule has 0 aliphatic heterocycles. The fourth-order valence-electron chi connectivity index (χ4n) is 1.72. The molecule has 2 heterocycles. The molecule has 0 spiro atoms. The van der Waals surface area contributed by atoms with Gasteiger partial charge in [0.15, 0.2) is 0 Å². The molecule has 20 heavy (non-hydrogen) atoms. The van der Waals surface area contributed by atoms with Crippen molar-refractivity contribution in [3.8, 4) is 11.5 Å². The Morgan fingerprint density at radius 2 is 2.20 bits per heavy atom. The molecule has 2 aromatic rings. The number of nitrogens with zero attached hydrogens (tertiary/aromatic N) is 5. The fraction of sp³-hybridized carbons (Fsp3) is 0.462. The summed E-state index contributed by atoms with van der Waals surface area (Å²) in [5.74, 6) is 0.0141. The third kappa shape index (κ3) is 3.17. The van der Waals surface area contributed by atoms with Gasteiger partial charge < -0.3 is 9.42 Å². The predicted molar refractivity (Wildman–Crippen MR) is 71.8 cm³/mol. The number of amides is 1. The monoisotopic (exact) mass is 275 g/mol. The highest BCUT2D eigenvalue weighted by Crippen LogP contribution is 2.12. The smallest absolute Gasteiger partial charge is 0.316 e. The quantitative estimate of drug-likeness (QED) is 0.799. The second-order valence-electron chi connectivity index (χ2n) is 4.25. The summed E-state index contributed by atoms with van der Waals surface area (Å²) in [4.78, 5) is 26.0. The number of rotatable bonds is 6. The van der Waals surface area contributed by atoms with Gasteiger partial charge in [-0.1, -0.05) is 18.5 Å². The van der Waals surface area contributed by atoms with E-state index in [1.165, 1.54) is 12.4 Å². The molecule has 0 saturated carbocycles. The molecule has 7 nitrogen and oxygen atoms in total. The zero-order valence-electron chi connectivity index (χ0n) is 11.6. The summed E-state index contributed by atoms with van der Waals surface area (Å²) < 4.78 is 5.02. The lowest BCUT2D eigenvalue weighted by Crippen LogP contribution is -2.31. The van der Waals surface area contributed by atoms with Crippen LogP contribution >= 0.6 is 0 Å². The van der Waals surface area contributed by atoms with Gasteiger partial charge in [0, 0.05) is 25.5 Å². The van der Waals surface area contributed by atoms with Gasteiger partial charge in [0.25, 0.3) is 0 Å². The zero-order valence-corrected chi connectivity index (χ0v) is 11.6. The van der Waals surface area contributed by atoms with Crippen LogP contribution in [0.3, 0.4) is 0 Å². The second-order valence-corrected chi connectivity index (χ2v) is 4.25. The Labute approximate surface area is 117 Å². The first kappa shape index (κ1) is 14.1. The lowest BCUT2D eigenvalue weighted by atomic mass is 10.3. The van der Waals surface area contributed by atoms with Crippen molar-refractivity contribution in [1.82, 2.24) is 25.0 Å². The molecule has 1 amide bonds. The largest absolute Gasteiger partial charge is 0.335 e. The highest BCUT2D eigenvalue weighted by molar-refractivity contribution is 5.89. The molecule has 0 atom stereocenters. The van der Waals surface area contributed by atoms with Crippen LogP contribution in [0.15, 0.2) is 23.1 Å². The van der Waals surface area contributed by atoms with Crippen molar-refractivity contribution in [3.63, 3.8) is 0 Å². The topological polar surface area (TPSA) is 85.0 Å². The molecular weight excluding hydrogens is 258 g/mol. The van der Waals surface area contributed by atoms with Crippen LogP contribution in [0.1, 0.15) is 37.4 Å². The summed E-state index contributed by atoms with van der Waals surface area (Å²) in [7, 11) is 0. The standard InChI is InChI=1S/C13H17N5O2/c1-3-5-8-18(4-2)13(19)12-16-11(17-20-12)10-9-14-6-7-15-10/h6-7,9H,3-5,8H2,1-2H3. The van der Waals surface area contributed by atoms with Crippen LogP contribution in [0.25, 0.3) is 11.5 Å². The number of hydrogen-bond donors (Lipinski definition) is 0. The molecule has 106 valence electrons. The van der Waals surface area contributed by atoms with Crippen LogP contribution in [0, 0.1) is 0 Å². The van der Waals surface area contributed by atoms with Crippen LogP contribution in [-0.2, 0) is 0 Å². The van der Waals surface area contributed by atoms with Crippen molar-refractivity contribution >= 4 is 5.91 Å². The van der Waals surface area contributed by atoms with Gasteiger partial charge in [0.1, 0.15) is 5.69 Å². The average molecular weight is 275 g/mol. The van der Waals surface area contributed by atoms with Crippen molar-refractivity contribution < 1.29 is 9.32 Å². The Hall–Kier alpha value is -2.31. The summed E-state index contributed by atoms with van der Waals surface area (Å²) in [5.41, 5.74) is 0.479. The SMILES string of the molecule is CCCCN(CC)C(=O)c1nc(-c2cnccn2)no1. The minimum Gasteiger partial charge on any atom is -0.335 e. The minimum atomic E-state index is -0.247. The first-order chi connectivity index (χ1) is 9.76. The van der Waals surface area contributed by atoms with E-state index in [-0.39, 0.29) is 17.6 Å². The van der Waals surface area contributed by atoms with E-state index >= 15 is 0 Å². The third-order valence-electron chi connectivity index (χ3n) is 2.85. The molecule has 0 aliphatic carbocycles. The molecule has 0 saturated heterocycles. The van der Waals surface area contributed by atoms with Crippen molar-refractivity contribution in [2.75, 3.05) is 13.1 Å². The van der Waals surface area contributed by atoms with E-state index in [1.807, 2.05) is 6.92 Å². The summed E-state index contributed by atoms with van der Waals surface area (Å²) in [6.45, 7) is 5.31. The zero-order chi connectivity index (χ0) is 14.4. The Kier molecular flexibility index (Phi) is 4.75. The maximum absolute atomic E-state index is 12.2. The van der Waals surface area contributed by atoms with Crippen LogP contribution in [0.5, 0.6) is 0 Å². The van der Waals surface area contributed by atoms with E-state index in [1.54, 1.807) is 11.1 Å². The van der Waals surface area contributed by atoms with Crippen molar-refractivity contribution in [1.29, 1.82) is 0 Å². The van der Waals surface area contributed by atoms with E-state index in [0.29, 0.717) is 18.8 Å². The highest BCUT2D eigenvalue weighted by Gasteiger charge is 2.21. The van der Waals surface area contributed by atoms with Gasteiger partial charge in [-0.05, 0) is 13.3 Å². The van der Waals surface area contributed by atoms with E-state index < -0.39 is 0 Å². The normalized spacial score (nSPS) is 10.5. The van der Waals surface area contributed by atoms with Gasteiger partial charge in [-0.2, -0.15) is 4.98 Å². The molecule has 2 aromatic heterocycles. The molecule has 0 N–H and O–H groups in total. The number of hydrogen-bond acceptors (Lipinski definition) is 6. The van der Waals surface area contributed by atoms with Crippen LogP contribution in [-0.4, -0.2) is 44.0 Å². The molecular formula is C13H17N5O2. The minimum absolute atomic E-state index is 0.0105.